The van der Waals surface area contributed by atoms with E-state index in [4.69, 9.17) is 0 Å². The number of hydrogen-bond donors (Lipinski definition) is 0. The van der Waals surface area contributed by atoms with Gasteiger partial charge >= 0.3 is 323 Å². The molecular formula is C40H88GeSi8. The Bertz CT molecular complexity index is 1250. The zero-order chi connectivity index (χ0) is 39.1. The minimum atomic E-state index is -2.85. The first-order valence-electron chi connectivity index (χ1n) is 20.0. The summed E-state index contributed by atoms with van der Waals surface area (Å²) in [6.07, 6.45) is 0. The van der Waals surface area contributed by atoms with Crippen molar-refractivity contribution in [3.05, 3.63) is 40.0 Å². The molecule has 1 aromatic rings. The van der Waals surface area contributed by atoms with Crippen LogP contribution in [0.2, 0.25) is 172 Å². The van der Waals surface area contributed by atoms with E-state index in [1.54, 1.807) is 11.1 Å². The van der Waals surface area contributed by atoms with E-state index in [-0.39, 0.29) is 0 Å². The molecule has 0 spiro atoms. The summed E-state index contributed by atoms with van der Waals surface area (Å²) in [5, 5.41) is 5.37. The van der Waals surface area contributed by atoms with Crippen molar-refractivity contribution in [2.24, 2.45) is 0 Å². The molecule has 1 aromatic carbocycles. The molecule has 0 fully saturated rings. The summed E-state index contributed by atoms with van der Waals surface area (Å²) in [7, 11) is -12.4. The maximum atomic E-state index is 3.05. The molecule has 0 unspecified atom stereocenters. The fourth-order valence-corrected chi connectivity index (χ4v) is 102. The van der Waals surface area contributed by atoms with Crippen molar-refractivity contribution < 1.29 is 0 Å². The molecule has 1 heterocycles. The van der Waals surface area contributed by atoms with Crippen molar-refractivity contribution in [2.75, 3.05) is 0 Å². The van der Waals surface area contributed by atoms with Crippen LogP contribution >= 0.6 is 0 Å². The third-order valence-corrected chi connectivity index (χ3v) is 75.7. The van der Waals surface area contributed by atoms with Crippen LogP contribution in [-0.2, 0) is 0 Å². The first-order chi connectivity index (χ1) is 21.2. The SMILES string of the molecule is CC1=C(C)[CH2][Ge]([c]2c(C([Si](C)(C)C)[Si](C)(C)C)cc(C([Si](C)(C)C)[Si](C)(C)C)cc2C([Si](C)(C)C)[Si](C)(C)C)([CH]([Si](C)(C)C)[Si](C)(C)C)[CH2]1. The molecule has 0 saturated heterocycles. The second-order valence-electron chi connectivity index (χ2n) is 25.8. The molecular weight excluding hydrogens is 778 g/mol. The average Bonchev–Trinajstić information content (AvgIpc) is 2.98. The Morgan fingerprint density at radius 1 is 0.388 bits per heavy atom. The van der Waals surface area contributed by atoms with Gasteiger partial charge in [0.2, 0.25) is 0 Å². The van der Waals surface area contributed by atoms with Crippen LogP contribution in [0, 0.1) is 0 Å². The summed E-state index contributed by atoms with van der Waals surface area (Å²) in [6, 6.07) is 6.10. The van der Waals surface area contributed by atoms with Crippen molar-refractivity contribution >= 4 is 82.3 Å². The molecule has 2 rings (SSSR count). The molecule has 0 bridgehead atoms. The van der Waals surface area contributed by atoms with Gasteiger partial charge in [0.1, 0.15) is 0 Å². The van der Waals surface area contributed by atoms with Crippen LogP contribution in [0.25, 0.3) is 0 Å². The Kier molecular flexibility index (Phi) is 13.6. The van der Waals surface area contributed by atoms with Crippen LogP contribution < -0.4 is 4.40 Å². The monoisotopic (exact) mass is 866 g/mol. The molecule has 0 aliphatic carbocycles. The van der Waals surface area contributed by atoms with Gasteiger partial charge in [0, 0.05) is 0 Å². The predicted octanol–water partition coefficient (Wildman–Crippen LogP) is 14.3. The third kappa shape index (κ3) is 10.3. The topological polar surface area (TPSA) is 0 Å². The van der Waals surface area contributed by atoms with E-state index in [2.05, 4.69) is 188 Å². The van der Waals surface area contributed by atoms with Crippen LogP contribution in [0.4, 0.5) is 0 Å². The third-order valence-electron chi connectivity index (χ3n) is 12.0. The van der Waals surface area contributed by atoms with Gasteiger partial charge in [-0.25, -0.2) is 0 Å². The summed E-state index contributed by atoms with van der Waals surface area (Å²) in [6.45, 7) is 71.6. The molecule has 9 heteroatoms. The molecule has 284 valence electrons. The van der Waals surface area contributed by atoms with Gasteiger partial charge in [0.25, 0.3) is 0 Å². The molecule has 49 heavy (non-hydrogen) atoms. The van der Waals surface area contributed by atoms with Crippen LogP contribution in [0.1, 0.15) is 46.0 Å². The number of allylic oxidation sites excluding steroid dienone is 2. The van der Waals surface area contributed by atoms with E-state index in [1.165, 1.54) is 10.5 Å². The van der Waals surface area contributed by atoms with Gasteiger partial charge in [-0.2, -0.15) is 0 Å². The van der Waals surface area contributed by atoms with Crippen molar-refractivity contribution in [1.29, 1.82) is 0 Å². The Morgan fingerprint density at radius 3 is 0.837 bits per heavy atom. The van der Waals surface area contributed by atoms with Crippen LogP contribution in [-0.4, -0.2) is 77.9 Å². The maximum absolute atomic E-state index is 3.05. The molecule has 0 radical (unpaired) electrons. The van der Waals surface area contributed by atoms with Gasteiger partial charge in [0.15, 0.2) is 0 Å². The van der Waals surface area contributed by atoms with Crippen LogP contribution in [0.3, 0.4) is 0 Å². The van der Waals surface area contributed by atoms with Gasteiger partial charge in [0.05, 0.1) is 0 Å². The second-order valence-corrected chi connectivity index (χ2v) is 81.6. The average molecular weight is 866 g/mol. The van der Waals surface area contributed by atoms with Crippen molar-refractivity contribution in [3.8, 4) is 0 Å². The van der Waals surface area contributed by atoms with Crippen molar-refractivity contribution in [1.82, 2.24) is 0 Å². The molecule has 0 aromatic heterocycles. The standard InChI is InChI=1S/C40H88GeSi8/c1-31-29-41(30-32(31)2,40(48(21,22)23)49(24,25)26)36-34(38(44(9,10)11)45(12,13)14)27-33(37(42(3,4)5)43(6,7)8)28-35(36)39(46(15,16)17)47(18,19)20/h27-28,37-40H,29-30H2,1-26H3. The number of rotatable bonds is 13. The summed E-state index contributed by atoms with van der Waals surface area (Å²) >= 11 is -2.85. The molecule has 1 aliphatic rings. The van der Waals surface area contributed by atoms with Gasteiger partial charge in [-0.1, -0.05) is 0 Å². The number of hydrogen-bond acceptors (Lipinski definition) is 0. The first kappa shape index (κ1) is 46.4. The molecule has 0 nitrogen and oxygen atoms in total. The molecule has 0 amide bonds. The van der Waals surface area contributed by atoms with Gasteiger partial charge in [-0.3, -0.25) is 0 Å². The summed E-state index contributed by atoms with van der Waals surface area (Å²) in [5.74, 6) is 0. The summed E-state index contributed by atoms with van der Waals surface area (Å²) < 4.78 is 3.18. The molecule has 0 N–H and O–H groups in total. The zero-order valence-corrected chi connectivity index (χ0v) is 48.5. The molecule has 0 saturated carbocycles. The Morgan fingerprint density at radius 2 is 0.633 bits per heavy atom. The Hall–Kier alpha value is 1.24. The Labute approximate surface area is 320 Å². The quantitative estimate of drug-likeness (QED) is 0.137. The van der Waals surface area contributed by atoms with E-state index in [0.29, 0.717) is 0 Å². The van der Waals surface area contributed by atoms with Crippen LogP contribution in [0.15, 0.2) is 23.3 Å². The molecule has 0 atom stereocenters. The summed E-state index contributed by atoms with van der Waals surface area (Å²) in [4.78, 5) is 0. The van der Waals surface area contributed by atoms with E-state index in [1.807, 2.05) is 16.7 Å². The van der Waals surface area contributed by atoms with E-state index in [9.17, 15) is 0 Å². The van der Waals surface area contributed by atoms with Gasteiger partial charge in [-0.05, 0) is 0 Å². The number of benzene rings is 1. The second kappa shape index (κ2) is 14.4. The van der Waals surface area contributed by atoms with E-state index < -0.39 is 77.9 Å². The van der Waals surface area contributed by atoms with Crippen molar-refractivity contribution in [3.63, 3.8) is 0 Å². The predicted molar refractivity (Wildman–Crippen MR) is 259 cm³/mol. The zero-order valence-electron chi connectivity index (χ0n) is 38.4. The van der Waals surface area contributed by atoms with Gasteiger partial charge < -0.3 is 0 Å². The van der Waals surface area contributed by atoms with E-state index >= 15 is 0 Å². The van der Waals surface area contributed by atoms with Crippen LogP contribution in [0.5, 0.6) is 0 Å². The van der Waals surface area contributed by atoms with Gasteiger partial charge in [-0.15, -0.1) is 0 Å². The van der Waals surface area contributed by atoms with Crippen molar-refractivity contribution in [2.45, 2.75) is 201 Å². The normalized spacial score (nSPS) is 17.8. The fourth-order valence-electron chi connectivity index (χ4n) is 13.5. The van der Waals surface area contributed by atoms with E-state index in [0.717, 1.165) is 19.5 Å². The Balaban J connectivity index is 3.69. The minimum absolute atomic E-state index is 0.790. The first-order valence-corrected chi connectivity index (χ1v) is 53.9. The fraction of sp³-hybridized carbons (Fsp3) is 0.800. The summed E-state index contributed by atoms with van der Waals surface area (Å²) in [5.41, 5.74) is 9.43. The molecule has 1 aliphatic heterocycles.